The number of hydrogen-bond donors (Lipinski definition) is 1. The van der Waals surface area contributed by atoms with E-state index in [0.29, 0.717) is 40.3 Å². The maximum Gasteiger partial charge on any atom is 0.255 e. The van der Waals surface area contributed by atoms with E-state index < -0.39 is 0 Å². The Balaban J connectivity index is 1.44. The van der Waals surface area contributed by atoms with Crippen molar-refractivity contribution in [3.63, 3.8) is 0 Å². The summed E-state index contributed by atoms with van der Waals surface area (Å²) in [7, 11) is 3.09. The second kappa shape index (κ2) is 9.41. The van der Waals surface area contributed by atoms with E-state index in [1.165, 1.54) is 25.7 Å². The molecule has 2 amide bonds. The van der Waals surface area contributed by atoms with E-state index >= 15 is 0 Å². The van der Waals surface area contributed by atoms with Crippen LogP contribution in [0.3, 0.4) is 0 Å². The molecule has 164 valence electrons. The Morgan fingerprint density at radius 1 is 0.871 bits per heavy atom. The summed E-state index contributed by atoms with van der Waals surface area (Å²) in [4.78, 5) is 27.9. The van der Waals surface area contributed by atoms with E-state index in [4.69, 9.17) is 9.47 Å². The van der Waals surface area contributed by atoms with Gasteiger partial charge in [0, 0.05) is 35.5 Å². The summed E-state index contributed by atoms with van der Waals surface area (Å²) in [6, 6.07) is 12.6. The van der Waals surface area contributed by atoms with Gasteiger partial charge in [-0.15, -0.1) is 0 Å². The van der Waals surface area contributed by atoms with Crippen LogP contribution in [0.2, 0.25) is 0 Å². The first-order chi connectivity index (χ1) is 15.1. The molecule has 1 aliphatic carbocycles. The number of anilines is 1. The first kappa shape index (κ1) is 21.2. The van der Waals surface area contributed by atoms with Crippen molar-refractivity contribution in [1.82, 2.24) is 4.90 Å². The van der Waals surface area contributed by atoms with Gasteiger partial charge < -0.3 is 19.7 Å². The normalized spacial score (nSPS) is 20.5. The number of nitrogens with one attached hydrogen (secondary N) is 1. The number of carbonyl (C=O) groups is 2. The van der Waals surface area contributed by atoms with Gasteiger partial charge in [0.15, 0.2) is 0 Å². The van der Waals surface area contributed by atoms with Crippen LogP contribution < -0.4 is 14.8 Å². The van der Waals surface area contributed by atoms with Crippen molar-refractivity contribution in [3.05, 3.63) is 53.6 Å². The first-order valence-electron chi connectivity index (χ1n) is 11.0. The summed E-state index contributed by atoms with van der Waals surface area (Å²) in [5, 5.41) is 2.88. The van der Waals surface area contributed by atoms with Crippen LogP contribution in [0, 0.1) is 5.92 Å². The first-order valence-corrected chi connectivity index (χ1v) is 11.0. The Morgan fingerprint density at radius 3 is 2.19 bits per heavy atom. The van der Waals surface area contributed by atoms with Crippen LogP contribution in [-0.2, 0) is 0 Å². The molecule has 0 spiro atoms. The molecule has 0 bridgehead atoms. The highest BCUT2D eigenvalue weighted by atomic mass is 16.5. The molecular weight excluding hydrogens is 392 g/mol. The Hall–Kier alpha value is -3.02. The standard InChI is InChI=1S/C25H30N2O4/c1-30-21-14-19(15-22(16-21)31-2)24(28)26-20-11-9-18(10-12-20)25(29)27-13-5-7-17-6-3-4-8-23(17)27/h9-12,14-17,23H,3-8,13H2,1-2H3,(H,26,28)/t17-,23-/m0/s1. The predicted molar refractivity (Wildman–Crippen MR) is 120 cm³/mol. The summed E-state index contributed by atoms with van der Waals surface area (Å²) in [6.45, 7) is 0.843. The zero-order chi connectivity index (χ0) is 21.8. The zero-order valence-corrected chi connectivity index (χ0v) is 18.2. The fourth-order valence-electron chi connectivity index (χ4n) is 4.88. The fraction of sp³-hybridized carbons (Fsp3) is 0.440. The molecule has 1 saturated carbocycles. The minimum absolute atomic E-state index is 0.104. The van der Waals surface area contributed by atoms with Crippen LogP contribution in [0.15, 0.2) is 42.5 Å². The molecule has 1 heterocycles. The highest BCUT2D eigenvalue weighted by Gasteiger charge is 2.35. The van der Waals surface area contributed by atoms with Gasteiger partial charge in [-0.2, -0.15) is 0 Å². The molecule has 0 aromatic heterocycles. The lowest BCUT2D eigenvalue weighted by Gasteiger charge is -2.44. The number of methoxy groups -OCH3 is 2. The minimum atomic E-state index is -0.266. The molecule has 0 radical (unpaired) electrons. The van der Waals surface area contributed by atoms with Crippen molar-refractivity contribution < 1.29 is 19.1 Å². The molecule has 2 aliphatic rings. The predicted octanol–water partition coefficient (Wildman–Crippen LogP) is 4.75. The van der Waals surface area contributed by atoms with E-state index in [1.807, 2.05) is 0 Å². The monoisotopic (exact) mass is 422 g/mol. The van der Waals surface area contributed by atoms with Gasteiger partial charge in [0.05, 0.1) is 14.2 Å². The number of likely N-dealkylation sites (tertiary alicyclic amines) is 1. The lowest BCUT2D eigenvalue weighted by Crippen LogP contribution is -2.49. The number of rotatable bonds is 5. The lowest BCUT2D eigenvalue weighted by molar-refractivity contribution is 0.0390. The molecule has 2 atom stereocenters. The lowest BCUT2D eigenvalue weighted by atomic mass is 9.78. The second-order valence-corrected chi connectivity index (χ2v) is 8.39. The van der Waals surface area contributed by atoms with E-state index in [-0.39, 0.29) is 11.8 Å². The fourth-order valence-corrected chi connectivity index (χ4v) is 4.88. The van der Waals surface area contributed by atoms with Crippen LogP contribution in [0.1, 0.15) is 59.2 Å². The van der Waals surface area contributed by atoms with Crippen molar-refractivity contribution in [2.75, 3.05) is 26.1 Å². The summed E-state index contributed by atoms with van der Waals surface area (Å²) < 4.78 is 10.5. The van der Waals surface area contributed by atoms with Crippen LogP contribution in [0.5, 0.6) is 11.5 Å². The molecule has 4 rings (SSSR count). The summed E-state index contributed by atoms with van der Waals surface area (Å²) >= 11 is 0. The molecule has 2 fully saturated rings. The van der Waals surface area contributed by atoms with Crippen LogP contribution >= 0.6 is 0 Å². The molecular formula is C25H30N2O4. The molecule has 31 heavy (non-hydrogen) atoms. The van der Waals surface area contributed by atoms with Crippen molar-refractivity contribution in [2.45, 2.75) is 44.6 Å². The number of ether oxygens (including phenoxy) is 2. The topological polar surface area (TPSA) is 67.9 Å². The van der Waals surface area contributed by atoms with Crippen molar-refractivity contribution in [1.29, 1.82) is 0 Å². The zero-order valence-electron chi connectivity index (χ0n) is 18.2. The Labute approximate surface area is 183 Å². The summed E-state index contributed by atoms with van der Waals surface area (Å²) in [5.41, 5.74) is 1.75. The van der Waals surface area contributed by atoms with Crippen LogP contribution in [-0.4, -0.2) is 43.5 Å². The molecule has 2 aromatic carbocycles. The Kier molecular flexibility index (Phi) is 6.44. The largest absolute Gasteiger partial charge is 0.497 e. The third kappa shape index (κ3) is 4.68. The Morgan fingerprint density at radius 2 is 1.52 bits per heavy atom. The van der Waals surface area contributed by atoms with E-state index in [0.717, 1.165) is 19.4 Å². The van der Waals surface area contributed by atoms with Gasteiger partial charge in [-0.3, -0.25) is 9.59 Å². The van der Waals surface area contributed by atoms with E-state index in [9.17, 15) is 9.59 Å². The van der Waals surface area contributed by atoms with Gasteiger partial charge in [0.2, 0.25) is 0 Å². The number of benzene rings is 2. The maximum atomic E-state index is 13.2. The highest BCUT2D eigenvalue weighted by Crippen LogP contribution is 2.36. The maximum absolute atomic E-state index is 13.2. The number of hydrogen-bond acceptors (Lipinski definition) is 4. The van der Waals surface area contributed by atoms with Gasteiger partial charge in [-0.05, 0) is 68.0 Å². The van der Waals surface area contributed by atoms with E-state index in [1.54, 1.807) is 56.7 Å². The van der Waals surface area contributed by atoms with Crippen molar-refractivity contribution >= 4 is 17.5 Å². The van der Waals surface area contributed by atoms with Gasteiger partial charge >= 0.3 is 0 Å². The number of fused-ring (bicyclic) bond motifs is 1. The highest BCUT2D eigenvalue weighted by molar-refractivity contribution is 6.05. The number of carbonyl (C=O) groups excluding carboxylic acids is 2. The number of nitrogens with zero attached hydrogens (tertiary/aromatic N) is 1. The van der Waals surface area contributed by atoms with Crippen LogP contribution in [0.25, 0.3) is 0 Å². The average Bonchev–Trinajstić information content (AvgIpc) is 2.83. The molecule has 2 aromatic rings. The van der Waals surface area contributed by atoms with Gasteiger partial charge in [-0.25, -0.2) is 0 Å². The van der Waals surface area contributed by atoms with Crippen molar-refractivity contribution in [3.8, 4) is 11.5 Å². The smallest absolute Gasteiger partial charge is 0.255 e. The molecule has 0 unspecified atom stereocenters. The average molecular weight is 423 g/mol. The molecule has 1 N–H and O–H groups in total. The summed E-state index contributed by atoms with van der Waals surface area (Å²) in [6.07, 6.45) is 7.20. The van der Waals surface area contributed by atoms with Crippen molar-refractivity contribution in [2.24, 2.45) is 5.92 Å². The minimum Gasteiger partial charge on any atom is -0.497 e. The molecule has 1 aliphatic heterocycles. The van der Waals surface area contributed by atoms with Crippen LogP contribution in [0.4, 0.5) is 5.69 Å². The summed E-state index contributed by atoms with van der Waals surface area (Å²) in [5.74, 6) is 1.59. The quantitative estimate of drug-likeness (QED) is 0.755. The Bertz CT molecular complexity index is 917. The van der Waals surface area contributed by atoms with Gasteiger partial charge in [0.1, 0.15) is 11.5 Å². The second-order valence-electron chi connectivity index (χ2n) is 8.39. The third-order valence-corrected chi connectivity index (χ3v) is 6.51. The molecule has 6 nitrogen and oxygen atoms in total. The van der Waals surface area contributed by atoms with E-state index in [2.05, 4.69) is 10.2 Å². The number of piperidine rings is 1. The SMILES string of the molecule is COc1cc(OC)cc(C(=O)Nc2ccc(C(=O)N3CCC[C@@H]4CCCC[C@@H]43)cc2)c1. The molecule has 6 heteroatoms. The third-order valence-electron chi connectivity index (χ3n) is 6.51. The van der Waals surface area contributed by atoms with Gasteiger partial charge in [0.25, 0.3) is 11.8 Å². The number of amides is 2. The van der Waals surface area contributed by atoms with Gasteiger partial charge in [-0.1, -0.05) is 12.8 Å². The molecule has 1 saturated heterocycles.